The number of nitrogens with one attached hydrogen (secondary N) is 3. The first-order valence-corrected chi connectivity index (χ1v) is 25.4. The highest BCUT2D eigenvalue weighted by atomic mass is 19.4. The summed E-state index contributed by atoms with van der Waals surface area (Å²) in [5.74, 6) is -2.61. The van der Waals surface area contributed by atoms with Crippen molar-refractivity contribution < 1.29 is 56.3 Å². The van der Waals surface area contributed by atoms with Gasteiger partial charge in [-0.05, 0) is 93.8 Å². The van der Waals surface area contributed by atoms with Gasteiger partial charge in [-0.15, -0.1) is 0 Å². The number of carbonyl (C=O) groups is 8. The minimum absolute atomic E-state index is 0.0644. The maximum absolute atomic E-state index is 13.9. The van der Waals surface area contributed by atoms with Gasteiger partial charge in [0.1, 0.15) is 18.4 Å². The number of halogens is 3. The Morgan fingerprint density at radius 2 is 1.43 bits per heavy atom. The topological polar surface area (TPSA) is 192 Å². The number of ether oxygens (including phenoxy) is 1. The van der Waals surface area contributed by atoms with Crippen molar-refractivity contribution in [3.63, 3.8) is 0 Å². The third-order valence-electron chi connectivity index (χ3n) is 14.3. The number of imide groups is 2. The Bertz CT molecular complexity index is 2520. The second-order valence-electron chi connectivity index (χ2n) is 19.6. The second-order valence-corrected chi connectivity index (χ2v) is 19.6. The average molecular weight is 999 g/mol. The van der Waals surface area contributed by atoms with E-state index >= 15 is 0 Å². The van der Waals surface area contributed by atoms with Crippen LogP contribution in [0.15, 0.2) is 60.7 Å². The Morgan fingerprint density at radius 3 is 2.11 bits per heavy atom. The number of unbranched alkanes of at least 4 members (excludes halogenated alkanes) is 9. The largest absolute Gasteiger partial charge is 0.427 e. The van der Waals surface area contributed by atoms with E-state index in [1.165, 1.54) is 4.90 Å². The Hall–Kier alpha value is -6.59. The van der Waals surface area contributed by atoms with Crippen LogP contribution in [0, 0.1) is 6.92 Å². The van der Waals surface area contributed by atoms with Crippen molar-refractivity contribution in [2.24, 2.45) is 0 Å². The molecule has 0 aromatic heterocycles. The molecule has 0 radical (unpaired) electrons. The fraction of sp³-hybridized carbons (Fsp3) is 0.519. The lowest BCUT2D eigenvalue weighted by Gasteiger charge is -2.31. The molecular formula is C54H65F3N6O9. The fourth-order valence-corrected chi connectivity index (χ4v) is 9.98. The van der Waals surface area contributed by atoms with Gasteiger partial charge in [0.05, 0.1) is 17.2 Å². The van der Waals surface area contributed by atoms with Crippen LogP contribution in [0.25, 0.3) is 0 Å². The lowest BCUT2D eigenvalue weighted by atomic mass is 9.94. The minimum Gasteiger partial charge on any atom is -0.427 e. The fourth-order valence-electron chi connectivity index (χ4n) is 9.98. The highest BCUT2D eigenvalue weighted by Crippen LogP contribution is 2.46. The Labute approximate surface area is 417 Å². The number of anilines is 2. The zero-order valence-corrected chi connectivity index (χ0v) is 41.1. The van der Waals surface area contributed by atoms with Gasteiger partial charge in [0.25, 0.3) is 17.7 Å². The molecule has 0 bridgehead atoms. The highest BCUT2D eigenvalue weighted by molar-refractivity contribution is 6.22. The quantitative estimate of drug-likeness (QED) is 0.0545. The summed E-state index contributed by atoms with van der Waals surface area (Å²) >= 11 is 0. The number of Topliss-reactive ketones (excluding diaryl/α,β-unsaturated/α-hetero) is 1. The van der Waals surface area contributed by atoms with Crippen LogP contribution < -0.4 is 16.0 Å². The number of fused-ring (bicyclic) bond motifs is 3. The number of ketones is 1. The number of rotatable bonds is 25. The Balaban J connectivity index is 0.725. The van der Waals surface area contributed by atoms with E-state index in [1.807, 2.05) is 13.0 Å². The van der Waals surface area contributed by atoms with E-state index in [9.17, 15) is 51.5 Å². The first-order chi connectivity index (χ1) is 34.4. The molecule has 0 saturated carbocycles. The summed E-state index contributed by atoms with van der Waals surface area (Å²) in [5, 5.41) is 8.97. The van der Waals surface area contributed by atoms with E-state index in [0.717, 1.165) is 82.5 Å². The first-order valence-electron chi connectivity index (χ1n) is 25.4. The van der Waals surface area contributed by atoms with Crippen LogP contribution in [0.4, 0.5) is 29.3 Å². The zero-order chi connectivity index (χ0) is 51.6. The van der Waals surface area contributed by atoms with Crippen molar-refractivity contribution in [2.75, 3.05) is 30.3 Å². The van der Waals surface area contributed by atoms with E-state index < -0.39 is 42.3 Å². The van der Waals surface area contributed by atoms with Crippen molar-refractivity contribution in [2.45, 2.75) is 160 Å². The summed E-state index contributed by atoms with van der Waals surface area (Å²) in [6.07, 6.45) is 7.07. The zero-order valence-electron chi connectivity index (χ0n) is 41.1. The molecule has 2 saturated heterocycles. The first kappa shape index (κ1) is 53.2. The molecule has 1 spiro atoms. The maximum Gasteiger partial charge on any atom is 0.418 e. The number of alkyl halides is 3. The van der Waals surface area contributed by atoms with Gasteiger partial charge in [-0.2, -0.15) is 13.2 Å². The molecule has 7 amide bonds. The van der Waals surface area contributed by atoms with Crippen LogP contribution in [-0.4, -0.2) is 99.9 Å². The summed E-state index contributed by atoms with van der Waals surface area (Å²) in [6.45, 7) is 2.43. The van der Waals surface area contributed by atoms with Crippen LogP contribution in [-0.2, 0) is 47.3 Å². The molecule has 3 aliphatic heterocycles. The molecule has 3 heterocycles. The Kier molecular flexibility index (Phi) is 17.6. The molecule has 3 atom stereocenters. The second kappa shape index (κ2) is 23.8. The van der Waals surface area contributed by atoms with Crippen LogP contribution in [0.3, 0.4) is 0 Å². The van der Waals surface area contributed by atoms with Gasteiger partial charge in [0.2, 0.25) is 23.3 Å². The van der Waals surface area contributed by atoms with E-state index in [0.29, 0.717) is 88.3 Å². The van der Waals surface area contributed by atoms with Gasteiger partial charge >= 0.3 is 12.3 Å². The van der Waals surface area contributed by atoms with Gasteiger partial charge in [0, 0.05) is 68.7 Å². The number of carbonyl (C=O) groups excluding carboxylic acids is 8. The standard InChI is InChI=1S/C54H65F3N6O9/c1-35-17-19-37(20-18-35)33-61(36(2)54(55,56)57)48(67)34-62-51(70)53(72-52(62)71)28-27-38-30-40(22-25-45(38)53)60-47(66)16-12-11-15-42(64)14-10-8-6-4-3-5-7-9-13-29-58-39-21-24-43-44(31-39)50(69)63(49(43)68)41-23-26-46(65)59-32-41/h17-22,24-25,30-31,36,41,58H,3-16,23,26-29,32-34H2,1-2H3,(H,59,65)(H,60,66)/t36-,41?,53+/m0/s1. The lowest BCUT2D eigenvalue weighted by molar-refractivity contribution is -0.187. The number of nitrogens with zero attached hydrogens (tertiary/aromatic N) is 3. The number of piperidine rings is 1. The third kappa shape index (κ3) is 12.9. The summed E-state index contributed by atoms with van der Waals surface area (Å²) in [7, 11) is 0. The van der Waals surface area contributed by atoms with Gasteiger partial charge in [-0.1, -0.05) is 80.8 Å². The number of hydrogen-bond acceptors (Lipinski definition) is 10. The molecule has 7 rings (SSSR count). The van der Waals surface area contributed by atoms with E-state index in [-0.39, 0.29) is 61.4 Å². The van der Waals surface area contributed by atoms with Gasteiger partial charge < -0.3 is 25.6 Å². The molecule has 4 aliphatic rings. The number of benzene rings is 3. The third-order valence-corrected chi connectivity index (χ3v) is 14.3. The average Bonchev–Trinajstić information content (AvgIpc) is 3.92. The van der Waals surface area contributed by atoms with Crippen molar-refractivity contribution in [3.05, 3.63) is 94.0 Å². The van der Waals surface area contributed by atoms with Crippen molar-refractivity contribution in [1.29, 1.82) is 0 Å². The van der Waals surface area contributed by atoms with E-state index in [2.05, 4.69) is 16.0 Å². The molecule has 18 heteroatoms. The molecule has 386 valence electrons. The van der Waals surface area contributed by atoms with E-state index in [1.54, 1.807) is 54.6 Å². The van der Waals surface area contributed by atoms with Crippen molar-refractivity contribution in [1.82, 2.24) is 20.0 Å². The maximum atomic E-state index is 13.9. The minimum atomic E-state index is -4.76. The molecule has 15 nitrogen and oxygen atoms in total. The summed E-state index contributed by atoms with van der Waals surface area (Å²) in [5.41, 5.74) is 2.75. The van der Waals surface area contributed by atoms with Crippen molar-refractivity contribution >= 4 is 58.7 Å². The van der Waals surface area contributed by atoms with Crippen LogP contribution >= 0.6 is 0 Å². The molecular weight excluding hydrogens is 934 g/mol. The lowest BCUT2D eigenvalue weighted by Crippen LogP contribution is -2.51. The molecule has 1 aliphatic carbocycles. The molecule has 72 heavy (non-hydrogen) atoms. The highest BCUT2D eigenvalue weighted by Gasteiger charge is 2.59. The summed E-state index contributed by atoms with van der Waals surface area (Å²) in [4.78, 5) is 106. The van der Waals surface area contributed by atoms with E-state index in [4.69, 9.17) is 4.74 Å². The normalized spacial score (nSPS) is 18.8. The predicted molar refractivity (Wildman–Crippen MR) is 262 cm³/mol. The smallest absolute Gasteiger partial charge is 0.418 e. The molecule has 3 N–H and O–H groups in total. The van der Waals surface area contributed by atoms with Gasteiger partial charge in [-0.25, -0.2) is 9.69 Å². The van der Waals surface area contributed by atoms with Crippen LogP contribution in [0.1, 0.15) is 159 Å². The van der Waals surface area contributed by atoms with Crippen molar-refractivity contribution in [3.8, 4) is 0 Å². The summed E-state index contributed by atoms with van der Waals surface area (Å²) < 4.78 is 47.3. The monoisotopic (exact) mass is 998 g/mol. The number of aryl methyl sites for hydroxylation is 2. The van der Waals surface area contributed by atoms with Gasteiger partial charge in [-0.3, -0.25) is 38.5 Å². The molecule has 3 aromatic carbocycles. The molecule has 3 aromatic rings. The van der Waals surface area contributed by atoms with Crippen LogP contribution in [0.5, 0.6) is 0 Å². The number of amides is 7. The number of hydrogen-bond donors (Lipinski definition) is 3. The molecule has 1 unspecified atom stereocenters. The molecule has 2 fully saturated rings. The SMILES string of the molecule is Cc1ccc(CN(C(=O)CN2C(=O)O[C@@]3(CCc4cc(NC(=O)CCCCC(=O)CCCCCCCCCCCNc5ccc6c(c5)C(=O)N(C5CCC(=O)NC5)C6=O)ccc43)C2=O)[C@@H](C)C(F)(F)F)cc1. The predicted octanol–water partition coefficient (Wildman–Crippen LogP) is 9.05. The summed E-state index contributed by atoms with van der Waals surface area (Å²) in [6, 6.07) is 14.3. The van der Waals surface area contributed by atoms with Gasteiger partial charge in [0.15, 0.2) is 0 Å². The van der Waals surface area contributed by atoms with Crippen LogP contribution in [0.2, 0.25) is 0 Å². The Morgan fingerprint density at radius 1 is 0.792 bits per heavy atom.